The number of carboxylic acid groups (broad SMARTS) is 1. The van der Waals surface area contributed by atoms with Gasteiger partial charge < -0.3 is 14.6 Å². The summed E-state index contributed by atoms with van der Waals surface area (Å²) in [5.74, 6) is 0.370. The highest BCUT2D eigenvalue weighted by molar-refractivity contribution is 5.90. The highest BCUT2D eigenvalue weighted by Gasteiger charge is 2.22. The minimum Gasteiger partial charge on any atom is -0.497 e. The molecule has 0 unspecified atom stereocenters. The lowest BCUT2D eigenvalue weighted by Gasteiger charge is -2.21. The highest BCUT2D eigenvalue weighted by atomic mass is 16.5. The van der Waals surface area contributed by atoms with Crippen molar-refractivity contribution in [1.82, 2.24) is 0 Å². The Balaban J connectivity index is 2.16. The van der Waals surface area contributed by atoms with Gasteiger partial charge in [-0.1, -0.05) is 42.5 Å². The van der Waals surface area contributed by atoms with Gasteiger partial charge in [0.25, 0.3) is 0 Å². The molecule has 1 N–H and O–H groups in total. The van der Waals surface area contributed by atoms with Crippen molar-refractivity contribution in [3.05, 3.63) is 95.1 Å². The van der Waals surface area contributed by atoms with Gasteiger partial charge in [0.15, 0.2) is 0 Å². The van der Waals surface area contributed by atoms with Gasteiger partial charge in [0.2, 0.25) is 0 Å². The fourth-order valence-electron chi connectivity index (χ4n) is 3.09. The van der Waals surface area contributed by atoms with E-state index in [1.54, 1.807) is 26.4 Å². The van der Waals surface area contributed by atoms with Crippen molar-refractivity contribution >= 4 is 5.97 Å². The van der Waals surface area contributed by atoms with E-state index in [0.29, 0.717) is 5.56 Å². The summed E-state index contributed by atoms with van der Waals surface area (Å²) in [4.78, 5) is 11.7. The Morgan fingerprint density at radius 2 is 1.23 bits per heavy atom. The molecule has 0 heterocycles. The maximum absolute atomic E-state index is 11.7. The van der Waals surface area contributed by atoms with Crippen LogP contribution in [0.25, 0.3) is 0 Å². The van der Waals surface area contributed by atoms with E-state index in [-0.39, 0.29) is 5.92 Å². The van der Waals surface area contributed by atoms with Crippen LogP contribution in [0.15, 0.2) is 72.8 Å². The summed E-state index contributed by atoms with van der Waals surface area (Å²) < 4.78 is 10.5. The maximum Gasteiger partial charge on any atom is 0.335 e. The predicted molar refractivity (Wildman–Crippen MR) is 100 cm³/mol. The van der Waals surface area contributed by atoms with Gasteiger partial charge in [-0.2, -0.15) is 0 Å². The Kier molecular flexibility index (Phi) is 5.23. The largest absolute Gasteiger partial charge is 0.497 e. The normalized spacial score (nSPS) is 10.6. The SMILES string of the molecule is COc1ccc(C(c2ccc(OC)cc2)c2ccccc2C(=O)O)cc1. The van der Waals surface area contributed by atoms with E-state index >= 15 is 0 Å². The van der Waals surface area contributed by atoms with Crippen molar-refractivity contribution in [3.63, 3.8) is 0 Å². The number of rotatable bonds is 6. The monoisotopic (exact) mass is 348 g/mol. The van der Waals surface area contributed by atoms with Gasteiger partial charge in [-0.05, 0) is 47.0 Å². The van der Waals surface area contributed by atoms with Crippen LogP contribution in [0.4, 0.5) is 0 Å². The second-order valence-corrected chi connectivity index (χ2v) is 5.87. The molecule has 0 atom stereocenters. The molecule has 3 aromatic carbocycles. The minimum atomic E-state index is -0.937. The smallest absolute Gasteiger partial charge is 0.335 e. The number of hydrogen-bond donors (Lipinski definition) is 1. The van der Waals surface area contributed by atoms with E-state index in [2.05, 4.69) is 0 Å². The molecule has 132 valence electrons. The third kappa shape index (κ3) is 3.54. The third-order valence-corrected chi connectivity index (χ3v) is 4.40. The van der Waals surface area contributed by atoms with E-state index in [9.17, 15) is 9.90 Å². The molecule has 0 spiro atoms. The molecule has 0 aromatic heterocycles. The second kappa shape index (κ2) is 7.74. The minimum absolute atomic E-state index is 0.209. The number of carboxylic acids is 1. The van der Waals surface area contributed by atoms with Crippen LogP contribution in [0.3, 0.4) is 0 Å². The molecule has 0 aliphatic heterocycles. The molecule has 0 aliphatic carbocycles. The summed E-state index contributed by atoms with van der Waals surface area (Å²) >= 11 is 0. The first-order valence-electron chi connectivity index (χ1n) is 8.24. The second-order valence-electron chi connectivity index (χ2n) is 5.87. The zero-order valence-electron chi connectivity index (χ0n) is 14.7. The van der Waals surface area contributed by atoms with Crippen LogP contribution in [0.2, 0.25) is 0 Å². The van der Waals surface area contributed by atoms with Crippen molar-refractivity contribution in [2.75, 3.05) is 14.2 Å². The van der Waals surface area contributed by atoms with Gasteiger partial charge in [0, 0.05) is 5.92 Å². The number of methoxy groups -OCH3 is 2. The molecule has 0 bridgehead atoms. The van der Waals surface area contributed by atoms with E-state index in [1.807, 2.05) is 60.7 Å². The Morgan fingerprint density at radius 3 is 1.65 bits per heavy atom. The summed E-state index contributed by atoms with van der Waals surface area (Å²) in [5.41, 5.74) is 3.02. The molecule has 0 fully saturated rings. The lowest BCUT2D eigenvalue weighted by atomic mass is 9.83. The molecule has 0 aliphatic rings. The van der Waals surface area contributed by atoms with Gasteiger partial charge in [0.1, 0.15) is 11.5 Å². The summed E-state index contributed by atoms with van der Waals surface area (Å²) in [6, 6.07) is 22.5. The quantitative estimate of drug-likeness (QED) is 0.662. The van der Waals surface area contributed by atoms with Crippen molar-refractivity contribution in [2.24, 2.45) is 0 Å². The van der Waals surface area contributed by atoms with Crippen molar-refractivity contribution in [3.8, 4) is 11.5 Å². The molecule has 0 radical (unpaired) electrons. The number of carbonyl (C=O) groups is 1. The zero-order valence-corrected chi connectivity index (χ0v) is 14.7. The Labute approximate surface area is 152 Å². The molecule has 0 amide bonds. The van der Waals surface area contributed by atoms with Crippen molar-refractivity contribution < 1.29 is 19.4 Å². The molecule has 3 rings (SSSR count). The van der Waals surface area contributed by atoms with Crippen LogP contribution in [-0.2, 0) is 0 Å². The van der Waals surface area contributed by atoms with Crippen LogP contribution in [0.5, 0.6) is 11.5 Å². The van der Waals surface area contributed by atoms with Crippen LogP contribution < -0.4 is 9.47 Å². The molecule has 0 saturated carbocycles. The molecule has 3 aromatic rings. The first-order chi connectivity index (χ1) is 12.6. The van der Waals surface area contributed by atoms with Gasteiger partial charge in [-0.15, -0.1) is 0 Å². The fourth-order valence-corrected chi connectivity index (χ4v) is 3.09. The number of ether oxygens (including phenoxy) is 2. The Hall–Kier alpha value is -3.27. The van der Waals surface area contributed by atoms with Crippen LogP contribution in [0, 0.1) is 0 Å². The van der Waals surface area contributed by atoms with Gasteiger partial charge >= 0.3 is 5.97 Å². The summed E-state index contributed by atoms with van der Waals surface area (Å²) in [6.07, 6.45) is 0. The topological polar surface area (TPSA) is 55.8 Å². The van der Waals surface area contributed by atoms with E-state index in [1.165, 1.54) is 0 Å². The average Bonchev–Trinajstić information content (AvgIpc) is 2.69. The average molecular weight is 348 g/mol. The van der Waals surface area contributed by atoms with Crippen LogP contribution in [-0.4, -0.2) is 25.3 Å². The number of hydrogen-bond acceptors (Lipinski definition) is 3. The van der Waals surface area contributed by atoms with Crippen LogP contribution >= 0.6 is 0 Å². The lowest BCUT2D eigenvalue weighted by molar-refractivity contribution is 0.0695. The molecule has 26 heavy (non-hydrogen) atoms. The first-order valence-corrected chi connectivity index (χ1v) is 8.24. The van der Waals surface area contributed by atoms with Gasteiger partial charge in [-0.25, -0.2) is 4.79 Å². The predicted octanol–water partition coefficient (Wildman–Crippen LogP) is 4.58. The number of aromatic carboxylic acids is 1. The van der Waals surface area contributed by atoms with Gasteiger partial charge in [-0.3, -0.25) is 0 Å². The molecular weight excluding hydrogens is 328 g/mol. The van der Waals surface area contributed by atoms with Gasteiger partial charge in [0.05, 0.1) is 19.8 Å². The third-order valence-electron chi connectivity index (χ3n) is 4.40. The van der Waals surface area contributed by atoms with E-state index < -0.39 is 5.97 Å². The number of benzene rings is 3. The zero-order chi connectivity index (χ0) is 18.5. The first kappa shape index (κ1) is 17.5. The lowest BCUT2D eigenvalue weighted by Crippen LogP contribution is -2.10. The fraction of sp³-hybridized carbons (Fsp3) is 0.136. The van der Waals surface area contributed by atoms with Crippen LogP contribution in [0.1, 0.15) is 33.0 Å². The Bertz CT molecular complexity index is 835. The highest BCUT2D eigenvalue weighted by Crippen LogP contribution is 2.35. The molecular formula is C22H20O4. The summed E-state index contributed by atoms with van der Waals surface area (Å²) in [6.45, 7) is 0. The molecule has 0 saturated heterocycles. The molecule has 4 heteroatoms. The summed E-state index contributed by atoms with van der Waals surface area (Å²) in [7, 11) is 3.24. The Morgan fingerprint density at radius 1 is 0.769 bits per heavy atom. The van der Waals surface area contributed by atoms with Crippen molar-refractivity contribution in [1.29, 1.82) is 0 Å². The summed E-state index contributed by atoms with van der Waals surface area (Å²) in [5, 5.41) is 9.63. The van der Waals surface area contributed by atoms with E-state index in [0.717, 1.165) is 28.2 Å². The van der Waals surface area contributed by atoms with E-state index in [4.69, 9.17) is 9.47 Å². The standard InChI is InChI=1S/C22H20O4/c1-25-17-11-7-15(8-12-17)21(16-9-13-18(26-2)14-10-16)19-5-3-4-6-20(19)22(23)24/h3-14,21H,1-2H3,(H,23,24). The maximum atomic E-state index is 11.7. The molecule has 4 nitrogen and oxygen atoms in total. The van der Waals surface area contributed by atoms with Crippen molar-refractivity contribution in [2.45, 2.75) is 5.92 Å².